The molecule has 3 unspecified atom stereocenters. The molecule has 3 N–H and O–H groups in total. The van der Waals surface area contributed by atoms with E-state index in [2.05, 4.69) is 20.8 Å². The first-order chi connectivity index (χ1) is 16.3. The van der Waals surface area contributed by atoms with E-state index < -0.39 is 53.8 Å². The molecule has 2 aliphatic rings. The molecule has 2 aromatic rings. The SMILES string of the molecule is CC1=C(C(=O)Nc2cccc(OC(F)(F)F)c2)C(=O)N2NC(C(F)(F)F)C(c3ccccc3)C2N1. The summed E-state index contributed by atoms with van der Waals surface area (Å²) in [6, 6.07) is 10.1. The molecule has 186 valence electrons. The summed E-state index contributed by atoms with van der Waals surface area (Å²) >= 11 is 0. The van der Waals surface area contributed by atoms with Gasteiger partial charge in [0.15, 0.2) is 0 Å². The predicted molar refractivity (Wildman–Crippen MR) is 110 cm³/mol. The van der Waals surface area contributed by atoms with Gasteiger partial charge < -0.3 is 15.4 Å². The molecule has 7 nitrogen and oxygen atoms in total. The van der Waals surface area contributed by atoms with Crippen LogP contribution in [-0.2, 0) is 9.59 Å². The quantitative estimate of drug-likeness (QED) is 0.440. The average Bonchev–Trinajstić information content (AvgIpc) is 3.13. The molecule has 0 spiro atoms. The minimum absolute atomic E-state index is 0.0157. The largest absolute Gasteiger partial charge is 0.573 e. The summed E-state index contributed by atoms with van der Waals surface area (Å²) in [5.74, 6) is -3.85. The molecule has 13 heteroatoms. The molecule has 2 heterocycles. The number of amides is 2. The van der Waals surface area contributed by atoms with Gasteiger partial charge in [0.25, 0.3) is 11.8 Å². The molecule has 1 fully saturated rings. The summed E-state index contributed by atoms with van der Waals surface area (Å²) < 4.78 is 82.7. The smallest absolute Gasteiger partial charge is 0.406 e. The van der Waals surface area contributed by atoms with Gasteiger partial charge in [-0.15, -0.1) is 13.2 Å². The zero-order chi connectivity index (χ0) is 25.5. The van der Waals surface area contributed by atoms with E-state index in [0.29, 0.717) is 5.56 Å². The molecule has 0 saturated carbocycles. The van der Waals surface area contributed by atoms with Crippen LogP contribution in [0.25, 0.3) is 0 Å². The summed E-state index contributed by atoms with van der Waals surface area (Å²) in [7, 11) is 0. The van der Waals surface area contributed by atoms with E-state index in [1.807, 2.05) is 0 Å². The number of nitrogens with one attached hydrogen (secondary N) is 3. The molecule has 2 aromatic carbocycles. The fourth-order valence-electron chi connectivity index (χ4n) is 4.13. The van der Waals surface area contributed by atoms with Crippen LogP contribution in [0.1, 0.15) is 18.4 Å². The summed E-state index contributed by atoms with van der Waals surface area (Å²) in [4.78, 5) is 26.0. The Kier molecular flexibility index (Phi) is 6.13. The molecule has 0 bridgehead atoms. The molecule has 3 atom stereocenters. The van der Waals surface area contributed by atoms with Crippen LogP contribution in [0.3, 0.4) is 0 Å². The molecular weight excluding hydrogens is 482 g/mol. The predicted octanol–water partition coefficient (Wildman–Crippen LogP) is 3.79. The third-order valence-corrected chi connectivity index (χ3v) is 5.52. The summed E-state index contributed by atoms with van der Waals surface area (Å²) in [6.45, 7) is 1.36. The number of rotatable bonds is 4. The van der Waals surface area contributed by atoms with Crippen molar-refractivity contribution in [2.24, 2.45) is 0 Å². The molecule has 0 aliphatic carbocycles. The first-order valence-electron chi connectivity index (χ1n) is 10.2. The van der Waals surface area contributed by atoms with Gasteiger partial charge >= 0.3 is 12.5 Å². The Bertz CT molecular complexity index is 1170. The van der Waals surface area contributed by atoms with Gasteiger partial charge in [-0.2, -0.15) is 13.2 Å². The first-order valence-corrected chi connectivity index (χ1v) is 10.2. The fourth-order valence-corrected chi connectivity index (χ4v) is 4.13. The number of alkyl halides is 6. The van der Waals surface area contributed by atoms with Crippen LogP contribution in [0.5, 0.6) is 5.75 Å². The zero-order valence-corrected chi connectivity index (χ0v) is 17.9. The highest BCUT2D eigenvalue weighted by atomic mass is 19.4. The maximum Gasteiger partial charge on any atom is 0.573 e. The number of hydrogen-bond acceptors (Lipinski definition) is 5. The van der Waals surface area contributed by atoms with E-state index in [-0.39, 0.29) is 11.4 Å². The van der Waals surface area contributed by atoms with Crippen molar-refractivity contribution in [1.82, 2.24) is 15.8 Å². The molecule has 4 rings (SSSR count). The number of hydrogen-bond donors (Lipinski definition) is 3. The maximum absolute atomic E-state index is 13.8. The second kappa shape index (κ2) is 8.80. The van der Waals surface area contributed by atoms with E-state index in [1.54, 1.807) is 18.2 Å². The van der Waals surface area contributed by atoms with Crippen LogP contribution < -0.4 is 20.8 Å². The Morgan fingerprint density at radius 1 is 1.03 bits per heavy atom. The number of hydrazine groups is 1. The van der Waals surface area contributed by atoms with Crippen molar-refractivity contribution in [3.05, 3.63) is 71.4 Å². The lowest BCUT2D eigenvalue weighted by Gasteiger charge is -2.34. The standard InChI is InChI=1S/C22H18F6N4O3/c1-11-15(19(33)30-13-8-5-9-14(10-13)35-22(26,27)28)20(34)32-18(29-11)16(12-6-3-2-4-7-12)17(31-32)21(23,24)25/h2-10,16-18,29,31H,1H3,(H,30,33). The highest BCUT2D eigenvalue weighted by Gasteiger charge is 2.58. The normalized spacial score (nSPS) is 22.5. The van der Waals surface area contributed by atoms with Gasteiger partial charge in [0.1, 0.15) is 23.5 Å². The number of nitrogens with zero attached hydrogens (tertiary/aromatic N) is 1. The summed E-state index contributed by atoms with van der Waals surface area (Å²) in [5, 5.41) is 5.81. The maximum atomic E-state index is 13.8. The molecule has 2 aliphatic heterocycles. The third-order valence-electron chi connectivity index (χ3n) is 5.52. The molecule has 2 amide bonds. The number of benzene rings is 2. The molecule has 0 aromatic heterocycles. The van der Waals surface area contributed by atoms with Gasteiger partial charge in [0.05, 0.1) is 5.92 Å². The Balaban J connectivity index is 1.60. The van der Waals surface area contributed by atoms with Crippen molar-refractivity contribution in [2.75, 3.05) is 5.32 Å². The number of carbonyl (C=O) groups excluding carboxylic acids is 2. The highest BCUT2D eigenvalue weighted by Crippen LogP contribution is 2.41. The van der Waals surface area contributed by atoms with Crippen LogP contribution >= 0.6 is 0 Å². The fraction of sp³-hybridized carbons (Fsp3) is 0.273. The van der Waals surface area contributed by atoms with Gasteiger partial charge in [-0.25, -0.2) is 10.4 Å². The Hall–Kier alpha value is -3.74. The van der Waals surface area contributed by atoms with Gasteiger partial charge in [0, 0.05) is 17.5 Å². The lowest BCUT2D eigenvalue weighted by molar-refractivity contribution is -0.274. The average molecular weight is 500 g/mol. The minimum Gasteiger partial charge on any atom is -0.406 e. The van der Waals surface area contributed by atoms with Crippen LogP contribution in [0.2, 0.25) is 0 Å². The summed E-state index contributed by atoms with van der Waals surface area (Å²) in [5.41, 5.74) is 1.91. The van der Waals surface area contributed by atoms with E-state index in [0.717, 1.165) is 17.1 Å². The zero-order valence-electron chi connectivity index (χ0n) is 17.9. The Morgan fingerprint density at radius 3 is 2.34 bits per heavy atom. The Morgan fingerprint density at radius 2 is 1.71 bits per heavy atom. The number of carbonyl (C=O) groups is 2. The number of halogens is 6. The van der Waals surface area contributed by atoms with Crippen LogP contribution in [0, 0.1) is 0 Å². The van der Waals surface area contributed by atoms with Crippen LogP contribution in [0.15, 0.2) is 65.9 Å². The van der Waals surface area contributed by atoms with E-state index >= 15 is 0 Å². The van der Waals surface area contributed by atoms with Crippen LogP contribution in [0.4, 0.5) is 32.0 Å². The van der Waals surface area contributed by atoms with Crippen molar-refractivity contribution in [2.45, 2.75) is 37.6 Å². The van der Waals surface area contributed by atoms with Gasteiger partial charge in [0.2, 0.25) is 0 Å². The van der Waals surface area contributed by atoms with E-state index in [4.69, 9.17) is 0 Å². The summed E-state index contributed by atoms with van der Waals surface area (Å²) in [6.07, 6.45) is -10.8. The van der Waals surface area contributed by atoms with Crippen molar-refractivity contribution in [3.63, 3.8) is 0 Å². The number of anilines is 1. The third kappa shape index (κ3) is 5.04. The van der Waals surface area contributed by atoms with Gasteiger partial charge in [-0.3, -0.25) is 9.59 Å². The van der Waals surface area contributed by atoms with E-state index in [1.165, 1.54) is 31.2 Å². The van der Waals surface area contributed by atoms with Gasteiger partial charge in [-0.1, -0.05) is 36.4 Å². The van der Waals surface area contributed by atoms with Crippen molar-refractivity contribution < 1.29 is 40.7 Å². The topological polar surface area (TPSA) is 82.7 Å². The lowest BCUT2D eigenvalue weighted by atomic mass is 9.89. The molecule has 1 saturated heterocycles. The van der Waals surface area contributed by atoms with Crippen LogP contribution in [-0.4, -0.2) is 41.6 Å². The van der Waals surface area contributed by atoms with Crippen molar-refractivity contribution in [3.8, 4) is 5.75 Å². The highest BCUT2D eigenvalue weighted by molar-refractivity contribution is 6.23. The second-order valence-electron chi connectivity index (χ2n) is 7.88. The van der Waals surface area contributed by atoms with Crippen molar-refractivity contribution in [1.29, 1.82) is 0 Å². The van der Waals surface area contributed by atoms with Gasteiger partial charge in [-0.05, 0) is 24.6 Å². The number of fused-ring (bicyclic) bond motifs is 1. The van der Waals surface area contributed by atoms with Crippen molar-refractivity contribution >= 4 is 17.5 Å². The second-order valence-corrected chi connectivity index (χ2v) is 7.88. The molecule has 0 radical (unpaired) electrons. The lowest BCUT2D eigenvalue weighted by Crippen LogP contribution is -2.56. The van der Waals surface area contributed by atoms with E-state index in [9.17, 15) is 35.9 Å². The number of ether oxygens (including phenoxy) is 1. The first kappa shape index (κ1) is 24.4. The minimum atomic E-state index is -4.95. The monoisotopic (exact) mass is 500 g/mol. The molecular formula is C22H18F6N4O3. The molecule has 35 heavy (non-hydrogen) atoms. The Labute approximate surface area is 194 Å². The number of allylic oxidation sites excluding steroid dienone is 1.